The first-order valence-electron chi connectivity index (χ1n) is 8.25. The van der Waals surface area contributed by atoms with Crippen LogP contribution in [0.4, 0.5) is 0 Å². The van der Waals surface area contributed by atoms with Crippen LogP contribution in [0.5, 0.6) is 0 Å². The van der Waals surface area contributed by atoms with Gasteiger partial charge in [0.2, 0.25) is 0 Å². The smallest absolute Gasteiger partial charge is 0.333 e. The van der Waals surface area contributed by atoms with Gasteiger partial charge >= 0.3 is 5.97 Å². The highest BCUT2D eigenvalue weighted by Crippen LogP contribution is 2.21. The van der Waals surface area contributed by atoms with E-state index >= 15 is 0 Å². The fraction of sp³-hybridized carbons (Fsp3) is 0.250. The van der Waals surface area contributed by atoms with Crippen LogP contribution in [0.25, 0.3) is 11.1 Å². The zero-order valence-electron chi connectivity index (χ0n) is 14.6. The molecule has 0 saturated carbocycles. The number of ether oxygens (including phenoxy) is 1. The summed E-state index contributed by atoms with van der Waals surface area (Å²) in [6.07, 6.45) is 2.08. The quantitative estimate of drug-likeness (QED) is 0.359. The zero-order chi connectivity index (χ0) is 18.9. The second kappa shape index (κ2) is 10.4. The molecule has 2 aromatic carbocycles. The summed E-state index contributed by atoms with van der Waals surface area (Å²) in [5.74, 6) is -0.349. The summed E-state index contributed by atoms with van der Waals surface area (Å²) in [6.45, 7) is 4.23. The summed E-state index contributed by atoms with van der Waals surface area (Å²) >= 11 is 4.74. The maximum Gasteiger partial charge on any atom is 0.333 e. The van der Waals surface area contributed by atoms with Crippen molar-refractivity contribution in [2.24, 2.45) is 0 Å². The predicted octanol–water partition coefficient (Wildman–Crippen LogP) is 4.84. The molecule has 1 atom stereocenters. The van der Waals surface area contributed by atoms with Crippen LogP contribution in [-0.4, -0.2) is 18.7 Å². The van der Waals surface area contributed by atoms with Crippen molar-refractivity contribution in [1.82, 2.24) is 0 Å². The van der Waals surface area contributed by atoms with Crippen LogP contribution >= 0.6 is 6.58 Å². The standard InChI is InChI=1S/C20H21O3PS2/c1-15(2)20(21)23-13-11-16-3-7-18(8-4-16)19-9-5-17(6-10-19)12-14-24(22)26-25/h3-10H,1,11-14H2,2H3. The van der Waals surface area contributed by atoms with E-state index in [0.29, 0.717) is 24.8 Å². The third-order valence-corrected chi connectivity index (χ3v) is 7.18. The molecule has 0 bridgehead atoms. The summed E-state index contributed by atoms with van der Waals surface area (Å²) in [4.78, 5) is 11.4. The van der Waals surface area contributed by atoms with E-state index in [9.17, 15) is 9.36 Å². The molecule has 0 N–H and O–H groups in total. The third kappa shape index (κ3) is 6.49. The van der Waals surface area contributed by atoms with E-state index in [1.165, 1.54) is 0 Å². The molecule has 0 fully saturated rings. The van der Waals surface area contributed by atoms with Crippen LogP contribution in [0, 0.1) is 0 Å². The monoisotopic (exact) mass is 404 g/mol. The molecule has 6 heteroatoms. The average molecular weight is 404 g/mol. The number of esters is 1. The Balaban J connectivity index is 1.93. The first-order valence-corrected chi connectivity index (χ1v) is 12.0. The number of carbonyl (C=O) groups excluding carboxylic acids is 1. The molecule has 0 aliphatic rings. The largest absolute Gasteiger partial charge is 0.462 e. The minimum absolute atomic E-state index is 0.349. The maximum absolute atomic E-state index is 11.4. The van der Waals surface area contributed by atoms with Crippen molar-refractivity contribution in [1.29, 1.82) is 0 Å². The van der Waals surface area contributed by atoms with Gasteiger partial charge in [-0.1, -0.05) is 55.1 Å². The van der Waals surface area contributed by atoms with Crippen LogP contribution in [0.1, 0.15) is 18.1 Å². The third-order valence-electron chi connectivity index (χ3n) is 3.88. The van der Waals surface area contributed by atoms with Crippen molar-refractivity contribution in [2.75, 3.05) is 12.8 Å². The molecule has 0 aliphatic carbocycles. The van der Waals surface area contributed by atoms with Crippen molar-refractivity contribution in [2.45, 2.75) is 19.8 Å². The Kier molecular flexibility index (Phi) is 8.17. The Labute approximate surface area is 162 Å². The molecular weight excluding hydrogens is 383 g/mol. The van der Waals surface area contributed by atoms with Gasteiger partial charge in [0.1, 0.15) is 0 Å². The molecule has 2 aromatic rings. The van der Waals surface area contributed by atoms with Crippen LogP contribution in [0.15, 0.2) is 60.7 Å². The normalized spacial score (nSPS) is 10.9. The highest BCUT2D eigenvalue weighted by atomic mass is 32.9. The first kappa shape index (κ1) is 20.5. The number of carbonyl (C=O) groups is 1. The Hall–Kier alpha value is -1.81. The van der Waals surface area contributed by atoms with E-state index < -0.39 is 6.58 Å². The van der Waals surface area contributed by atoms with Gasteiger partial charge in [-0.15, -0.1) is 0 Å². The Bertz CT molecular complexity index is 876. The second-order valence-corrected chi connectivity index (χ2v) is 10.2. The molecule has 0 amide bonds. The average Bonchev–Trinajstić information content (AvgIpc) is 2.67. The number of aryl methyl sites for hydroxylation is 1. The predicted molar refractivity (Wildman–Crippen MR) is 112 cm³/mol. The van der Waals surface area contributed by atoms with Crippen LogP contribution in [0.2, 0.25) is 0 Å². The maximum atomic E-state index is 11.4. The first-order chi connectivity index (χ1) is 12.5. The van der Waals surface area contributed by atoms with Gasteiger partial charge in [-0.25, -0.2) is 4.79 Å². The van der Waals surface area contributed by atoms with Gasteiger partial charge in [-0.3, -0.25) is 4.57 Å². The lowest BCUT2D eigenvalue weighted by Crippen LogP contribution is -2.07. The van der Waals surface area contributed by atoms with Gasteiger partial charge in [-0.05, 0) is 56.3 Å². The van der Waals surface area contributed by atoms with Crippen LogP contribution in [-0.2, 0) is 47.6 Å². The highest BCUT2D eigenvalue weighted by Gasteiger charge is 2.04. The number of rotatable bonds is 8. The lowest BCUT2D eigenvalue weighted by molar-refractivity contribution is -0.138. The van der Waals surface area contributed by atoms with E-state index in [1.807, 2.05) is 12.1 Å². The summed E-state index contributed by atoms with van der Waals surface area (Å²) < 4.78 is 16.5. The second-order valence-electron chi connectivity index (χ2n) is 5.94. The molecule has 0 aromatic heterocycles. The SMILES string of the molecule is C=C(C)C(=O)OCCc1ccc(-c2ccc(CCP(=O)=S=S)cc2)cc1. The van der Waals surface area contributed by atoms with E-state index in [0.717, 1.165) is 38.2 Å². The van der Waals surface area contributed by atoms with Crippen molar-refractivity contribution in [3.8, 4) is 11.1 Å². The molecule has 0 spiro atoms. The number of benzene rings is 2. The Morgan fingerprint density at radius 2 is 1.54 bits per heavy atom. The molecule has 1 unspecified atom stereocenters. The summed E-state index contributed by atoms with van der Waals surface area (Å²) in [5.41, 5.74) is 4.96. The molecule has 0 aliphatic heterocycles. The van der Waals surface area contributed by atoms with Gasteiger partial charge in [0.05, 0.1) is 6.61 Å². The molecule has 0 radical (unpaired) electrons. The Morgan fingerprint density at radius 3 is 2.00 bits per heavy atom. The highest BCUT2D eigenvalue weighted by molar-refractivity contribution is 8.32. The molecule has 0 heterocycles. The topological polar surface area (TPSA) is 43.4 Å². The fourth-order valence-electron chi connectivity index (χ4n) is 2.37. The van der Waals surface area contributed by atoms with Crippen LogP contribution < -0.4 is 0 Å². The molecule has 0 saturated heterocycles. The van der Waals surface area contributed by atoms with Crippen molar-refractivity contribution in [3.05, 3.63) is 71.8 Å². The minimum Gasteiger partial charge on any atom is -0.462 e. The minimum atomic E-state index is -1.33. The molecular formula is C20H21O3PS2. The summed E-state index contributed by atoms with van der Waals surface area (Å²) in [7, 11) is 1.01. The Morgan fingerprint density at radius 1 is 1.04 bits per heavy atom. The van der Waals surface area contributed by atoms with Gasteiger partial charge in [0.25, 0.3) is 0 Å². The van der Waals surface area contributed by atoms with Gasteiger partial charge in [0, 0.05) is 18.2 Å². The number of hydrogen-bond acceptors (Lipinski definition) is 4. The number of hydrogen-bond donors (Lipinski definition) is 0. The van der Waals surface area contributed by atoms with Crippen molar-refractivity contribution < 1.29 is 14.1 Å². The molecule has 2 rings (SSSR count). The lowest BCUT2D eigenvalue weighted by Gasteiger charge is -2.07. The zero-order valence-corrected chi connectivity index (χ0v) is 17.2. The van der Waals surface area contributed by atoms with E-state index in [-0.39, 0.29) is 5.97 Å². The van der Waals surface area contributed by atoms with Gasteiger partial charge in [0.15, 0.2) is 6.58 Å². The van der Waals surface area contributed by atoms with Crippen molar-refractivity contribution >= 4 is 33.2 Å². The van der Waals surface area contributed by atoms with E-state index in [4.69, 9.17) is 15.9 Å². The molecule has 136 valence electrons. The van der Waals surface area contributed by atoms with Crippen LogP contribution in [0.3, 0.4) is 0 Å². The van der Waals surface area contributed by atoms with E-state index in [2.05, 4.69) is 43.0 Å². The van der Waals surface area contributed by atoms with Gasteiger partial charge in [-0.2, -0.15) is 0 Å². The molecule has 26 heavy (non-hydrogen) atoms. The van der Waals surface area contributed by atoms with Gasteiger partial charge < -0.3 is 4.74 Å². The van der Waals surface area contributed by atoms with Crippen molar-refractivity contribution in [3.63, 3.8) is 0 Å². The summed E-state index contributed by atoms with van der Waals surface area (Å²) in [5, 5.41) is 0. The van der Waals surface area contributed by atoms with E-state index in [1.54, 1.807) is 6.92 Å². The lowest BCUT2D eigenvalue weighted by atomic mass is 10.0. The fourth-order valence-corrected chi connectivity index (χ4v) is 4.05. The molecule has 3 nitrogen and oxygen atoms in total. The summed E-state index contributed by atoms with van der Waals surface area (Å²) in [6, 6.07) is 16.5.